The Labute approximate surface area is 190 Å². The van der Waals surface area contributed by atoms with E-state index in [0.29, 0.717) is 5.69 Å². The number of pyridine rings is 1. The van der Waals surface area contributed by atoms with Crippen LogP contribution in [0.4, 0.5) is 0 Å². The van der Waals surface area contributed by atoms with E-state index in [1.165, 1.54) is 5.56 Å². The van der Waals surface area contributed by atoms with Gasteiger partial charge in [-0.25, -0.2) is 4.98 Å². The number of fused-ring (bicyclic) bond motifs is 2. The van der Waals surface area contributed by atoms with Crippen LogP contribution < -0.4 is 5.73 Å². The zero-order chi connectivity index (χ0) is 21.9. The monoisotopic (exact) mass is 437 g/mol. The Hall–Kier alpha value is -3.96. The highest BCUT2D eigenvalue weighted by molar-refractivity contribution is 6.30. The van der Waals surface area contributed by atoms with Crippen molar-refractivity contribution in [2.24, 2.45) is 15.9 Å². The number of nitrogens with zero attached hydrogens (tertiary/aromatic N) is 4. The maximum absolute atomic E-state index is 6.14. The molecule has 0 fully saturated rings. The van der Waals surface area contributed by atoms with Gasteiger partial charge in [0.05, 0.1) is 11.7 Å². The highest BCUT2D eigenvalue weighted by Gasteiger charge is 2.07. The van der Waals surface area contributed by atoms with E-state index in [1.807, 2.05) is 72.8 Å². The average Bonchev–Trinajstić information content (AvgIpc) is 3.17. The second-order valence-electron chi connectivity index (χ2n) is 7.47. The van der Waals surface area contributed by atoms with E-state index >= 15 is 0 Å². The third-order valence-electron chi connectivity index (χ3n) is 5.31. The van der Waals surface area contributed by atoms with Crippen LogP contribution in [-0.2, 0) is 6.54 Å². The zero-order valence-electron chi connectivity index (χ0n) is 17.2. The number of rotatable bonds is 5. The van der Waals surface area contributed by atoms with Gasteiger partial charge in [0.25, 0.3) is 0 Å². The predicted octanol–water partition coefficient (Wildman–Crippen LogP) is 5.63. The van der Waals surface area contributed by atoms with Crippen LogP contribution in [0.25, 0.3) is 21.8 Å². The van der Waals surface area contributed by atoms with Gasteiger partial charge in [-0.3, -0.25) is 0 Å². The van der Waals surface area contributed by atoms with Gasteiger partial charge in [-0.05, 0) is 35.9 Å². The highest BCUT2D eigenvalue weighted by atomic mass is 35.5. The summed E-state index contributed by atoms with van der Waals surface area (Å²) < 4.78 is 2.19. The Morgan fingerprint density at radius 3 is 2.59 bits per heavy atom. The van der Waals surface area contributed by atoms with E-state index in [2.05, 4.69) is 38.1 Å². The Balaban J connectivity index is 1.43. The molecule has 6 heteroatoms. The molecule has 0 amide bonds. The lowest BCUT2D eigenvalue weighted by Gasteiger charge is -2.05. The first-order valence-corrected chi connectivity index (χ1v) is 10.6. The minimum absolute atomic E-state index is 0.275. The fourth-order valence-electron chi connectivity index (χ4n) is 3.71. The minimum atomic E-state index is 0.275. The molecule has 5 nitrogen and oxygen atoms in total. The van der Waals surface area contributed by atoms with Crippen LogP contribution in [0, 0.1) is 0 Å². The second-order valence-corrected chi connectivity index (χ2v) is 7.91. The van der Waals surface area contributed by atoms with Crippen molar-refractivity contribution in [3.8, 4) is 0 Å². The number of para-hydroxylation sites is 2. The van der Waals surface area contributed by atoms with Crippen molar-refractivity contribution in [3.05, 3.63) is 113 Å². The van der Waals surface area contributed by atoms with E-state index in [-0.39, 0.29) is 5.84 Å². The molecule has 0 atom stereocenters. The molecule has 2 heterocycles. The first kappa shape index (κ1) is 20.0. The Bertz CT molecular complexity index is 1470. The summed E-state index contributed by atoms with van der Waals surface area (Å²) in [6.45, 7) is 0.734. The Morgan fingerprint density at radius 2 is 1.72 bits per heavy atom. The molecule has 5 aromatic rings. The Kier molecular flexibility index (Phi) is 5.40. The molecule has 3 aromatic carbocycles. The van der Waals surface area contributed by atoms with Crippen LogP contribution in [0.15, 0.2) is 101 Å². The Morgan fingerprint density at radius 1 is 0.938 bits per heavy atom. The van der Waals surface area contributed by atoms with Gasteiger partial charge in [0.15, 0.2) is 5.84 Å². The lowest BCUT2D eigenvalue weighted by atomic mass is 10.2. The quantitative estimate of drug-likeness (QED) is 0.220. The topological polar surface area (TPSA) is 68.6 Å². The van der Waals surface area contributed by atoms with Crippen LogP contribution in [-0.4, -0.2) is 21.6 Å². The summed E-state index contributed by atoms with van der Waals surface area (Å²) in [5, 5.41) is 11.3. The summed E-state index contributed by atoms with van der Waals surface area (Å²) in [5.41, 5.74) is 10.9. The summed E-state index contributed by atoms with van der Waals surface area (Å²) >= 11 is 6.02. The maximum Gasteiger partial charge on any atom is 0.172 e. The number of halogens is 1. The van der Waals surface area contributed by atoms with E-state index < -0.39 is 0 Å². The van der Waals surface area contributed by atoms with Gasteiger partial charge < -0.3 is 10.3 Å². The number of hydrogen-bond donors (Lipinski definition) is 1. The van der Waals surface area contributed by atoms with Crippen molar-refractivity contribution in [2.45, 2.75) is 6.54 Å². The van der Waals surface area contributed by atoms with Gasteiger partial charge in [0.1, 0.15) is 5.69 Å². The van der Waals surface area contributed by atoms with Crippen LogP contribution in [0.1, 0.15) is 16.8 Å². The number of amidine groups is 1. The molecule has 0 aliphatic heterocycles. The van der Waals surface area contributed by atoms with E-state index in [4.69, 9.17) is 17.3 Å². The molecular weight excluding hydrogens is 418 g/mol. The molecule has 32 heavy (non-hydrogen) atoms. The summed E-state index contributed by atoms with van der Waals surface area (Å²) in [4.78, 5) is 4.56. The van der Waals surface area contributed by atoms with Crippen LogP contribution in [0.3, 0.4) is 0 Å². The normalized spacial score (nSPS) is 12.2. The van der Waals surface area contributed by atoms with Gasteiger partial charge in [-0.2, -0.15) is 5.10 Å². The summed E-state index contributed by atoms with van der Waals surface area (Å²) in [6.07, 6.45) is 3.80. The lowest BCUT2D eigenvalue weighted by Crippen LogP contribution is -2.14. The van der Waals surface area contributed by atoms with Gasteiger partial charge in [0, 0.05) is 39.6 Å². The first-order valence-electron chi connectivity index (χ1n) is 10.2. The van der Waals surface area contributed by atoms with E-state index in [0.717, 1.165) is 38.9 Å². The molecule has 0 aliphatic rings. The molecule has 2 aromatic heterocycles. The standard InChI is InChI=1S/C26H20ClN5/c27-21-12-9-18(10-13-21)16-32-17-20(22-6-2-4-8-25(22)32)15-29-31-26(28)24-14-11-19-5-1-3-7-23(19)30-24/h1-15,17H,16H2,(H2,28,31)/b29-15+. The SMILES string of the molecule is N/C(=N\N=C\c1cn(Cc2ccc(Cl)cc2)c2ccccc12)c1ccc2ccccc2n1. The number of hydrogen-bond acceptors (Lipinski definition) is 3. The molecule has 0 bridgehead atoms. The molecule has 5 rings (SSSR count). The van der Waals surface area contributed by atoms with Crippen molar-refractivity contribution in [1.29, 1.82) is 0 Å². The molecule has 0 spiro atoms. The molecule has 156 valence electrons. The van der Waals surface area contributed by atoms with Crippen LogP contribution in [0.2, 0.25) is 5.02 Å². The largest absolute Gasteiger partial charge is 0.380 e. The fraction of sp³-hybridized carbons (Fsp3) is 0.0385. The van der Waals surface area contributed by atoms with E-state index in [9.17, 15) is 0 Å². The van der Waals surface area contributed by atoms with Crippen molar-refractivity contribution in [1.82, 2.24) is 9.55 Å². The average molecular weight is 438 g/mol. The molecule has 0 aliphatic carbocycles. The van der Waals surface area contributed by atoms with Gasteiger partial charge in [0.2, 0.25) is 0 Å². The van der Waals surface area contributed by atoms with Gasteiger partial charge in [-0.15, -0.1) is 5.10 Å². The molecular formula is C26H20ClN5. The summed E-state index contributed by atoms with van der Waals surface area (Å²) in [5.74, 6) is 0.275. The van der Waals surface area contributed by atoms with E-state index in [1.54, 1.807) is 6.21 Å². The van der Waals surface area contributed by atoms with Crippen molar-refractivity contribution in [2.75, 3.05) is 0 Å². The smallest absolute Gasteiger partial charge is 0.172 e. The summed E-state index contributed by atoms with van der Waals surface area (Å²) in [7, 11) is 0. The van der Waals surface area contributed by atoms with Crippen molar-refractivity contribution < 1.29 is 0 Å². The first-order chi connectivity index (χ1) is 15.7. The van der Waals surface area contributed by atoms with Gasteiger partial charge in [-0.1, -0.05) is 66.2 Å². The van der Waals surface area contributed by atoms with Gasteiger partial charge >= 0.3 is 0 Å². The molecule has 2 N–H and O–H groups in total. The predicted molar refractivity (Wildman–Crippen MR) is 133 cm³/mol. The summed E-state index contributed by atoms with van der Waals surface area (Å²) in [6, 6.07) is 27.8. The van der Waals surface area contributed by atoms with Crippen molar-refractivity contribution in [3.63, 3.8) is 0 Å². The number of nitrogens with two attached hydrogens (primary N) is 1. The lowest BCUT2D eigenvalue weighted by molar-refractivity contribution is 0.836. The molecule has 0 saturated heterocycles. The third kappa shape index (κ3) is 4.11. The maximum atomic E-state index is 6.14. The van der Waals surface area contributed by atoms with Crippen LogP contribution in [0.5, 0.6) is 0 Å². The van der Waals surface area contributed by atoms with Crippen LogP contribution >= 0.6 is 11.6 Å². The van der Waals surface area contributed by atoms with Crippen molar-refractivity contribution >= 4 is 45.5 Å². The zero-order valence-corrected chi connectivity index (χ0v) is 17.9. The molecule has 0 unspecified atom stereocenters. The second kappa shape index (κ2) is 8.65. The molecule has 0 radical (unpaired) electrons. The fourth-order valence-corrected chi connectivity index (χ4v) is 3.83. The number of benzene rings is 3. The minimum Gasteiger partial charge on any atom is -0.380 e. The third-order valence-corrected chi connectivity index (χ3v) is 5.56. The number of aromatic nitrogens is 2. The highest BCUT2D eigenvalue weighted by Crippen LogP contribution is 2.22. The molecule has 0 saturated carbocycles.